The second kappa shape index (κ2) is 3.63. The molecule has 2 aromatic rings. The molecular weight excluding hydrogens is 214 g/mol. The Labute approximate surface area is 90.2 Å². The summed E-state index contributed by atoms with van der Waals surface area (Å²) in [6.07, 6.45) is 0. The summed E-state index contributed by atoms with van der Waals surface area (Å²) in [5.74, 6) is 0.0285. The van der Waals surface area contributed by atoms with Gasteiger partial charge in [0.15, 0.2) is 5.78 Å². The van der Waals surface area contributed by atoms with Crippen LogP contribution in [0.2, 0.25) is 0 Å². The van der Waals surface area contributed by atoms with E-state index in [1.165, 1.54) is 16.2 Å². The number of aryl methyl sites for hydroxylation is 1. The van der Waals surface area contributed by atoms with Gasteiger partial charge in [-0.3, -0.25) is 4.79 Å². The van der Waals surface area contributed by atoms with Gasteiger partial charge in [0.2, 0.25) is 0 Å². The maximum absolute atomic E-state index is 11.0. The standard InChI is InChI=1S/C10H9NOS2/c1-6-3-4-9(14-6)10-11-8(5-13-10)7(2)12/h3-5H,1-2H3. The minimum absolute atomic E-state index is 0.0285. The number of carbonyl (C=O) groups is 1. The summed E-state index contributed by atoms with van der Waals surface area (Å²) in [6, 6.07) is 4.11. The second-order valence-electron chi connectivity index (χ2n) is 3.00. The van der Waals surface area contributed by atoms with Crippen molar-refractivity contribution in [3.05, 3.63) is 28.1 Å². The summed E-state index contributed by atoms with van der Waals surface area (Å²) < 4.78 is 0. The molecule has 0 aliphatic heterocycles. The van der Waals surface area contributed by atoms with E-state index in [0.717, 1.165) is 9.88 Å². The summed E-state index contributed by atoms with van der Waals surface area (Å²) in [5.41, 5.74) is 0.566. The molecule has 4 heteroatoms. The number of hydrogen-bond donors (Lipinski definition) is 0. The highest BCUT2D eigenvalue weighted by Gasteiger charge is 2.08. The van der Waals surface area contributed by atoms with Crippen LogP contribution in [0.1, 0.15) is 22.3 Å². The van der Waals surface area contributed by atoms with E-state index in [2.05, 4.69) is 18.0 Å². The Kier molecular flexibility index (Phi) is 2.48. The molecule has 2 heterocycles. The van der Waals surface area contributed by atoms with E-state index in [9.17, 15) is 4.79 Å². The SMILES string of the molecule is CC(=O)c1csc(-c2ccc(C)s2)n1. The average molecular weight is 223 g/mol. The maximum Gasteiger partial charge on any atom is 0.178 e. The van der Waals surface area contributed by atoms with Crippen molar-refractivity contribution in [2.45, 2.75) is 13.8 Å². The Hall–Kier alpha value is -1.00. The highest BCUT2D eigenvalue weighted by molar-refractivity contribution is 7.21. The van der Waals surface area contributed by atoms with Crippen LogP contribution in [0.4, 0.5) is 0 Å². The van der Waals surface area contributed by atoms with E-state index in [-0.39, 0.29) is 5.78 Å². The molecule has 14 heavy (non-hydrogen) atoms. The number of Topliss-reactive ketones (excluding diaryl/α,β-unsaturated/α-hetero) is 1. The number of nitrogens with zero attached hydrogens (tertiary/aromatic N) is 1. The molecular formula is C10H9NOS2. The first kappa shape index (κ1) is 9.55. The van der Waals surface area contributed by atoms with Gasteiger partial charge in [0.1, 0.15) is 10.7 Å². The van der Waals surface area contributed by atoms with Crippen molar-refractivity contribution in [2.75, 3.05) is 0 Å². The molecule has 0 N–H and O–H groups in total. The fourth-order valence-electron chi connectivity index (χ4n) is 1.10. The van der Waals surface area contributed by atoms with Gasteiger partial charge in [0, 0.05) is 17.2 Å². The molecule has 2 aromatic heterocycles. The van der Waals surface area contributed by atoms with Crippen molar-refractivity contribution in [3.8, 4) is 9.88 Å². The van der Waals surface area contributed by atoms with E-state index in [0.29, 0.717) is 5.69 Å². The molecule has 72 valence electrons. The van der Waals surface area contributed by atoms with Crippen LogP contribution in [0, 0.1) is 6.92 Å². The maximum atomic E-state index is 11.0. The van der Waals surface area contributed by atoms with Crippen LogP contribution in [-0.2, 0) is 0 Å². The quantitative estimate of drug-likeness (QED) is 0.730. The largest absolute Gasteiger partial charge is 0.293 e. The van der Waals surface area contributed by atoms with Crippen LogP contribution in [0.15, 0.2) is 17.5 Å². The highest BCUT2D eigenvalue weighted by atomic mass is 32.1. The fraction of sp³-hybridized carbons (Fsp3) is 0.200. The van der Waals surface area contributed by atoms with Crippen LogP contribution >= 0.6 is 22.7 Å². The number of rotatable bonds is 2. The zero-order valence-electron chi connectivity index (χ0n) is 7.90. The Bertz CT molecular complexity index is 470. The lowest BCUT2D eigenvalue weighted by Gasteiger charge is -1.87. The first-order valence-electron chi connectivity index (χ1n) is 4.20. The summed E-state index contributed by atoms with van der Waals surface area (Å²) in [5, 5.41) is 2.75. The molecule has 0 unspecified atom stereocenters. The molecule has 0 aliphatic carbocycles. The Morgan fingerprint density at radius 3 is 2.71 bits per heavy atom. The van der Waals surface area contributed by atoms with Crippen LogP contribution in [0.3, 0.4) is 0 Å². The minimum Gasteiger partial charge on any atom is -0.293 e. The summed E-state index contributed by atoms with van der Waals surface area (Å²) in [7, 11) is 0. The van der Waals surface area contributed by atoms with Crippen molar-refractivity contribution in [1.29, 1.82) is 0 Å². The van der Waals surface area contributed by atoms with Crippen LogP contribution in [-0.4, -0.2) is 10.8 Å². The van der Waals surface area contributed by atoms with Crippen molar-refractivity contribution in [1.82, 2.24) is 4.98 Å². The number of hydrogen-bond acceptors (Lipinski definition) is 4. The predicted octanol–water partition coefficient (Wildman–Crippen LogP) is 3.38. The summed E-state index contributed by atoms with van der Waals surface area (Å²) in [4.78, 5) is 17.7. The lowest BCUT2D eigenvalue weighted by molar-refractivity contribution is 0.101. The molecule has 0 aromatic carbocycles. The predicted molar refractivity (Wildman–Crippen MR) is 60.2 cm³/mol. The van der Waals surface area contributed by atoms with Crippen molar-refractivity contribution >= 4 is 28.5 Å². The van der Waals surface area contributed by atoms with E-state index in [1.807, 2.05) is 11.4 Å². The Balaban J connectivity index is 2.38. The summed E-state index contributed by atoms with van der Waals surface area (Å²) >= 11 is 3.23. The van der Waals surface area contributed by atoms with Gasteiger partial charge in [0.05, 0.1) is 4.88 Å². The molecule has 0 fully saturated rings. The number of thiophene rings is 1. The molecule has 0 spiro atoms. The Morgan fingerprint density at radius 2 is 2.21 bits per heavy atom. The van der Waals surface area contributed by atoms with Gasteiger partial charge >= 0.3 is 0 Å². The number of carbonyl (C=O) groups excluding carboxylic acids is 1. The van der Waals surface area contributed by atoms with Crippen LogP contribution in [0.25, 0.3) is 9.88 Å². The third-order valence-corrected chi connectivity index (χ3v) is 3.83. The lowest BCUT2D eigenvalue weighted by atomic mass is 10.3. The number of ketones is 1. The van der Waals surface area contributed by atoms with Gasteiger partial charge in [0.25, 0.3) is 0 Å². The van der Waals surface area contributed by atoms with E-state index in [4.69, 9.17) is 0 Å². The lowest BCUT2D eigenvalue weighted by Crippen LogP contribution is -1.90. The first-order valence-corrected chi connectivity index (χ1v) is 5.89. The van der Waals surface area contributed by atoms with Gasteiger partial charge in [-0.05, 0) is 19.1 Å². The van der Waals surface area contributed by atoms with Crippen molar-refractivity contribution < 1.29 is 4.79 Å². The highest BCUT2D eigenvalue weighted by Crippen LogP contribution is 2.30. The van der Waals surface area contributed by atoms with Crippen LogP contribution in [0.5, 0.6) is 0 Å². The van der Waals surface area contributed by atoms with Crippen LogP contribution < -0.4 is 0 Å². The zero-order valence-corrected chi connectivity index (χ0v) is 9.54. The fourth-order valence-corrected chi connectivity index (χ4v) is 2.90. The zero-order chi connectivity index (χ0) is 10.1. The van der Waals surface area contributed by atoms with E-state index < -0.39 is 0 Å². The van der Waals surface area contributed by atoms with Crippen molar-refractivity contribution in [3.63, 3.8) is 0 Å². The molecule has 0 radical (unpaired) electrons. The molecule has 2 nitrogen and oxygen atoms in total. The van der Waals surface area contributed by atoms with Gasteiger partial charge in [-0.15, -0.1) is 22.7 Å². The Morgan fingerprint density at radius 1 is 1.43 bits per heavy atom. The van der Waals surface area contributed by atoms with Gasteiger partial charge in [-0.25, -0.2) is 4.98 Å². The molecule has 0 saturated heterocycles. The molecule has 0 amide bonds. The molecule has 0 bridgehead atoms. The third-order valence-electron chi connectivity index (χ3n) is 1.82. The minimum atomic E-state index is 0.0285. The van der Waals surface area contributed by atoms with E-state index >= 15 is 0 Å². The smallest absolute Gasteiger partial charge is 0.178 e. The topological polar surface area (TPSA) is 30.0 Å². The molecule has 0 aliphatic rings. The second-order valence-corrected chi connectivity index (χ2v) is 5.15. The normalized spacial score (nSPS) is 10.4. The summed E-state index contributed by atoms with van der Waals surface area (Å²) in [6.45, 7) is 3.60. The number of aromatic nitrogens is 1. The third kappa shape index (κ3) is 1.76. The first-order chi connectivity index (χ1) is 6.66. The van der Waals surface area contributed by atoms with Gasteiger partial charge < -0.3 is 0 Å². The molecule has 2 rings (SSSR count). The number of thiazole rings is 1. The molecule has 0 saturated carbocycles. The monoisotopic (exact) mass is 223 g/mol. The van der Waals surface area contributed by atoms with E-state index in [1.54, 1.807) is 18.3 Å². The molecule has 0 atom stereocenters. The average Bonchev–Trinajstić information content (AvgIpc) is 2.70. The van der Waals surface area contributed by atoms with Crippen molar-refractivity contribution in [2.24, 2.45) is 0 Å². The van der Waals surface area contributed by atoms with Gasteiger partial charge in [-0.1, -0.05) is 0 Å². The van der Waals surface area contributed by atoms with Gasteiger partial charge in [-0.2, -0.15) is 0 Å².